The number of ether oxygens (including phenoxy) is 2. The summed E-state index contributed by atoms with van der Waals surface area (Å²) in [7, 11) is 1.70. The van der Waals surface area contributed by atoms with Crippen LogP contribution in [0.5, 0.6) is 0 Å². The number of hydrogen-bond donors (Lipinski definition) is 1. The molecule has 1 aromatic rings. The Morgan fingerprint density at radius 3 is 2.62 bits per heavy atom. The van der Waals surface area contributed by atoms with Crippen molar-refractivity contribution in [1.82, 2.24) is 4.98 Å². The van der Waals surface area contributed by atoms with Crippen LogP contribution in [0.2, 0.25) is 0 Å². The summed E-state index contributed by atoms with van der Waals surface area (Å²) >= 11 is 1.18. The maximum Gasteiger partial charge on any atom is 0.358 e. The lowest BCUT2D eigenvalue weighted by Crippen LogP contribution is -2.45. The first-order valence-electron chi connectivity index (χ1n) is 6.99. The first-order valence-corrected chi connectivity index (χ1v) is 7.81. The molecule has 0 aliphatic heterocycles. The minimum absolute atomic E-state index is 0.0944. The third kappa shape index (κ3) is 3.41. The van der Waals surface area contributed by atoms with Gasteiger partial charge in [0.25, 0.3) is 0 Å². The number of esters is 1. The van der Waals surface area contributed by atoms with Crippen molar-refractivity contribution < 1.29 is 19.1 Å². The molecule has 0 saturated heterocycles. The van der Waals surface area contributed by atoms with E-state index >= 15 is 0 Å². The fraction of sp³-hybridized carbons (Fsp3) is 0.643. The lowest BCUT2D eigenvalue weighted by molar-refractivity contribution is -0.0601. The van der Waals surface area contributed by atoms with Gasteiger partial charge in [-0.1, -0.05) is 11.3 Å². The first-order chi connectivity index (χ1) is 10.0. The van der Waals surface area contributed by atoms with Crippen molar-refractivity contribution in [2.45, 2.75) is 38.7 Å². The van der Waals surface area contributed by atoms with E-state index in [1.807, 2.05) is 0 Å². The average Bonchev–Trinajstić information content (AvgIpc) is 2.83. The number of rotatable bonds is 7. The summed E-state index contributed by atoms with van der Waals surface area (Å²) in [5, 5.41) is 3.72. The second-order valence-corrected chi connectivity index (χ2v) is 6.07. The van der Waals surface area contributed by atoms with Crippen LogP contribution < -0.4 is 5.32 Å². The average molecular weight is 312 g/mol. The van der Waals surface area contributed by atoms with Gasteiger partial charge in [0.2, 0.25) is 0 Å². The summed E-state index contributed by atoms with van der Waals surface area (Å²) < 4.78 is 10.5. The Morgan fingerprint density at radius 2 is 2.14 bits per heavy atom. The number of carbonyl (C=O) groups excluding carboxylic acids is 2. The molecule has 0 bridgehead atoms. The van der Waals surface area contributed by atoms with Gasteiger partial charge in [-0.15, -0.1) is 0 Å². The molecule has 1 heterocycles. The third-order valence-corrected chi connectivity index (χ3v) is 4.79. The monoisotopic (exact) mass is 312 g/mol. The van der Waals surface area contributed by atoms with Gasteiger partial charge in [0.05, 0.1) is 12.2 Å². The Kier molecular flexibility index (Phi) is 4.95. The molecular weight excluding hydrogens is 292 g/mol. The predicted octanol–water partition coefficient (Wildman–Crippen LogP) is 2.50. The fourth-order valence-electron chi connectivity index (χ4n) is 2.23. The normalized spacial score (nSPS) is 16.1. The second-order valence-electron chi connectivity index (χ2n) is 5.07. The Hall–Kier alpha value is -1.47. The molecule has 0 aromatic carbocycles. The number of Topliss-reactive ketones (excluding diaryl/α,β-unsaturated/α-hetero) is 1. The lowest BCUT2D eigenvalue weighted by atomic mass is 9.80. The molecule has 6 nitrogen and oxygen atoms in total. The fourth-order valence-corrected chi connectivity index (χ4v) is 3.08. The molecule has 2 rings (SSSR count). The summed E-state index contributed by atoms with van der Waals surface area (Å²) in [4.78, 5) is 28.0. The summed E-state index contributed by atoms with van der Waals surface area (Å²) in [6.45, 7) is 4.01. The summed E-state index contributed by atoms with van der Waals surface area (Å²) in [5.41, 5.74) is -0.0523. The van der Waals surface area contributed by atoms with Gasteiger partial charge in [-0.3, -0.25) is 4.79 Å². The number of methoxy groups -OCH3 is 1. The molecule has 1 saturated carbocycles. The number of thiazole rings is 1. The minimum atomic E-state index is -0.558. The largest absolute Gasteiger partial charge is 0.461 e. The number of anilines is 1. The van der Waals surface area contributed by atoms with Crippen LogP contribution in [-0.2, 0) is 9.47 Å². The Labute approximate surface area is 127 Å². The molecule has 0 radical (unpaired) electrons. The molecule has 0 unspecified atom stereocenters. The van der Waals surface area contributed by atoms with Gasteiger partial charge in [-0.05, 0) is 26.2 Å². The summed E-state index contributed by atoms with van der Waals surface area (Å²) in [6.07, 6.45) is 3.17. The predicted molar refractivity (Wildman–Crippen MR) is 80.2 cm³/mol. The highest BCUT2D eigenvalue weighted by molar-refractivity contribution is 7.17. The van der Waals surface area contributed by atoms with Crippen molar-refractivity contribution in [2.75, 3.05) is 25.6 Å². The van der Waals surface area contributed by atoms with Crippen molar-refractivity contribution >= 4 is 28.2 Å². The van der Waals surface area contributed by atoms with E-state index in [4.69, 9.17) is 9.47 Å². The molecule has 0 amide bonds. The zero-order valence-corrected chi connectivity index (χ0v) is 13.3. The molecule has 7 heteroatoms. The van der Waals surface area contributed by atoms with Crippen LogP contribution in [-0.4, -0.2) is 42.6 Å². The minimum Gasteiger partial charge on any atom is -0.461 e. The van der Waals surface area contributed by atoms with Gasteiger partial charge < -0.3 is 14.8 Å². The zero-order valence-electron chi connectivity index (χ0n) is 12.5. The number of nitrogens with zero attached hydrogens (tertiary/aromatic N) is 1. The third-order valence-electron chi connectivity index (χ3n) is 3.68. The standard InChI is InChI=1S/C14H20N2O4S/c1-4-20-12(18)10-11(9(2)17)21-13(16-10)15-8-14(19-3)6-5-7-14/h4-8H2,1-3H3,(H,15,16). The van der Waals surface area contributed by atoms with Crippen LogP contribution in [0.1, 0.15) is 53.3 Å². The number of hydrogen-bond acceptors (Lipinski definition) is 7. The van der Waals surface area contributed by atoms with E-state index in [2.05, 4.69) is 10.3 Å². The van der Waals surface area contributed by atoms with Crippen molar-refractivity contribution in [1.29, 1.82) is 0 Å². The highest BCUT2D eigenvalue weighted by atomic mass is 32.1. The van der Waals surface area contributed by atoms with E-state index in [1.54, 1.807) is 14.0 Å². The van der Waals surface area contributed by atoms with E-state index in [-0.39, 0.29) is 23.7 Å². The van der Waals surface area contributed by atoms with E-state index in [0.717, 1.165) is 19.3 Å². The Morgan fingerprint density at radius 1 is 1.43 bits per heavy atom. The van der Waals surface area contributed by atoms with E-state index in [0.29, 0.717) is 16.6 Å². The van der Waals surface area contributed by atoms with Crippen LogP contribution in [0, 0.1) is 0 Å². The van der Waals surface area contributed by atoms with Gasteiger partial charge in [0, 0.05) is 20.6 Å². The number of ketones is 1. The molecule has 1 aliphatic carbocycles. The molecule has 0 atom stereocenters. The Balaban J connectivity index is 2.11. The molecule has 1 aromatic heterocycles. The number of nitrogens with one attached hydrogen (secondary N) is 1. The van der Waals surface area contributed by atoms with Crippen LogP contribution >= 0.6 is 11.3 Å². The molecule has 116 valence electrons. The van der Waals surface area contributed by atoms with Crippen LogP contribution in [0.25, 0.3) is 0 Å². The Bertz CT molecular complexity index is 532. The molecule has 21 heavy (non-hydrogen) atoms. The summed E-state index contributed by atoms with van der Waals surface area (Å²) in [6, 6.07) is 0. The highest BCUT2D eigenvalue weighted by Crippen LogP contribution is 2.35. The molecule has 1 aliphatic rings. The molecule has 1 N–H and O–H groups in total. The maximum absolute atomic E-state index is 11.8. The van der Waals surface area contributed by atoms with Gasteiger partial charge >= 0.3 is 5.97 Å². The first kappa shape index (κ1) is 15.9. The van der Waals surface area contributed by atoms with Crippen molar-refractivity contribution in [3.8, 4) is 0 Å². The maximum atomic E-state index is 11.8. The zero-order chi connectivity index (χ0) is 15.5. The van der Waals surface area contributed by atoms with Crippen LogP contribution in [0.4, 0.5) is 5.13 Å². The van der Waals surface area contributed by atoms with Gasteiger partial charge in [-0.2, -0.15) is 0 Å². The summed E-state index contributed by atoms with van der Waals surface area (Å²) in [5.74, 6) is -0.745. The van der Waals surface area contributed by atoms with Gasteiger partial charge in [0.1, 0.15) is 4.88 Å². The molecule has 1 fully saturated rings. The SMILES string of the molecule is CCOC(=O)c1nc(NCC2(OC)CCC2)sc1C(C)=O. The van der Waals surface area contributed by atoms with Crippen molar-refractivity contribution in [2.24, 2.45) is 0 Å². The topological polar surface area (TPSA) is 77.5 Å². The highest BCUT2D eigenvalue weighted by Gasteiger charge is 2.37. The van der Waals surface area contributed by atoms with Crippen molar-refractivity contribution in [3.63, 3.8) is 0 Å². The van der Waals surface area contributed by atoms with Gasteiger partial charge in [-0.25, -0.2) is 9.78 Å². The molecular formula is C14H20N2O4S. The van der Waals surface area contributed by atoms with Crippen molar-refractivity contribution in [3.05, 3.63) is 10.6 Å². The van der Waals surface area contributed by atoms with E-state index in [1.165, 1.54) is 18.3 Å². The quantitative estimate of drug-likeness (QED) is 0.616. The lowest BCUT2D eigenvalue weighted by Gasteiger charge is -2.40. The second kappa shape index (κ2) is 6.53. The van der Waals surface area contributed by atoms with Crippen LogP contribution in [0.3, 0.4) is 0 Å². The van der Waals surface area contributed by atoms with E-state index in [9.17, 15) is 9.59 Å². The molecule has 0 spiro atoms. The smallest absolute Gasteiger partial charge is 0.358 e. The number of aromatic nitrogens is 1. The number of carbonyl (C=O) groups is 2. The van der Waals surface area contributed by atoms with Gasteiger partial charge in [0.15, 0.2) is 16.6 Å². The van der Waals surface area contributed by atoms with Crippen LogP contribution in [0.15, 0.2) is 0 Å². The van der Waals surface area contributed by atoms with E-state index < -0.39 is 5.97 Å².